The molecule has 2 aromatic rings. The van der Waals surface area contributed by atoms with E-state index in [0.29, 0.717) is 0 Å². The second kappa shape index (κ2) is 8.18. The summed E-state index contributed by atoms with van der Waals surface area (Å²) in [6.45, 7) is -0.294. The molecule has 0 fully saturated rings. The van der Waals surface area contributed by atoms with Crippen molar-refractivity contribution in [1.29, 1.82) is 0 Å². The van der Waals surface area contributed by atoms with Gasteiger partial charge in [0.15, 0.2) is 0 Å². The van der Waals surface area contributed by atoms with Crippen molar-refractivity contribution >= 4 is 23.6 Å². The lowest BCUT2D eigenvalue weighted by Crippen LogP contribution is -2.45. The third-order valence-electron chi connectivity index (χ3n) is 4.11. The van der Waals surface area contributed by atoms with Crippen LogP contribution < -0.4 is 10.9 Å². The predicted octanol–water partition coefficient (Wildman–Crippen LogP) is 0.845. The average molecular weight is 373 g/mol. The van der Waals surface area contributed by atoms with Gasteiger partial charge in [0.05, 0.1) is 5.69 Å². The van der Waals surface area contributed by atoms with Gasteiger partial charge in [0.1, 0.15) is 12.6 Å². The zero-order valence-corrected chi connectivity index (χ0v) is 14.9. The predicted molar refractivity (Wildman–Crippen MR) is 98.1 cm³/mol. The molecule has 0 bridgehead atoms. The number of aromatic nitrogens is 2. The molecule has 1 atom stereocenters. The Kier molecular flexibility index (Phi) is 5.72. The highest BCUT2D eigenvalue weighted by Crippen LogP contribution is 2.21. The van der Waals surface area contributed by atoms with E-state index in [9.17, 15) is 19.5 Å². The third-order valence-corrected chi connectivity index (χ3v) is 5.12. The Bertz CT molecular complexity index is 866. The highest BCUT2D eigenvalue weighted by Gasteiger charge is 2.21. The summed E-state index contributed by atoms with van der Waals surface area (Å²) in [5.74, 6) is 0.0174. The van der Waals surface area contributed by atoms with Crippen molar-refractivity contribution in [2.24, 2.45) is 0 Å². The molecule has 7 nitrogen and oxygen atoms in total. The topological polar surface area (TPSA) is 101 Å². The van der Waals surface area contributed by atoms with E-state index in [1.54, 1.807) is 23.9 Å². The molecule has 0 unspecified atom stereocenters. The van der Waals surface area contributed by atoms with E-state index >= 15 is 0 Å². The number of carbonyl (C=O) groups is 2. The molecule has 26 heavy (non-hydrogen) atoms. The number of aryl methyl sites for hydroxylation is 1. The van der Waals surface area contributed by atoms with E-state index in [4.69, 9.17) is 0 Å². The average Bonchev–Trinajstić information content (AvgIpc) is 2.62. The second-order valence-corrected chi connectivity index (χ2v) is 7.17. The lowest BCUT2D eigenvalue weighted by molar-refractivity contribution is -0.141. The molecule has 2 heterocycles. The van der Waals surface area contributed by atoms with Crippen LogP contribution in [-0.2, 0) is 34.7 Å². The number of carboxylic acid groups (broad SMARTS) is 1. The van der Waals surface area contributed by atoms with Crippen LogP contribution in [-0.4, -0.2) is 38.6 Å². The first-order chi connectivity index (χ1) is 12.5. The van der Waals surface area contributed by atoms with E-state index in [1.165, 1.54) is 6.07 Å². The summed E-state index contributed by atoms with van der Waals surface area (Å²) in [5, 5.41) is 16.1. The summed E-state index contributed by atoms with van der Waals surface area (Å²) in [6.07, 6.45) is 0.930. The molecular formula is C18H19N3O4S. The van der Waals surface area contributed by atoms with Crippen molar-refractivity contribution in [2.75, 3.05) is 5.75 Å². The lowest BCUT2D eigenvalue weighted by atomic mass is 10.1. The smallest absolute Gasteiger partial charge is 0.326 e. The van der Waals surface area contributed by atoms with E-state index in [0.717, 1.165) is 39.4 Å². The maximum absolute atomic E-state index is 12.3. The van der Waals surface area contributed by atoms with Crippen LogP contribution in [0.4, 0.5) is 0 Å². The number of thioether (sulfide) groups is 1. The minimum absolute atomic E-state index is 0.172. The summed E-state index contributed by atoms with van der Waals surface area (Å²) in [6, 6.07) is 9.51. The molecule has 8 heteroatoms. The zero-order chi connectivity index (χ0) is 18.5. The molecule has 1 aliphatic rings. The zero-order valence-electron chi connectivity index (χ0n) is 14.1. The van der Waals surface area contributed by atoms with Crippen molar-refractivity contribution in [3.63, 3.8) is 0 Å². The number of carbonyl (C=O) groups excluding carboxylic acids is 1. The molecule has 0 saturated carbocycles. The molecule has 3 rings (SSSR count). The molecule has 1 amide bonds. The van der Waals surface area contributed by atoms with Gasteiger partial charge >= 0.3 is 5.97 Å². The number of fused-ring (bicyclic) bond motifs is 1. The molecule has 1 aromatic carbocycles. The fourth-order valence-corrected chi connectivity index (χ4v) is 3.74. The molecule has 0 aliphatic carbocycles. The standard InChI is InChI=1S/C18H19N3O4S/c22-16(19-15(18(24)25)8-12-4-2-1-3-5-12)10-21-17(23)9-13-11-26-7-6-14(13)20-21/h1-5,9,15H,6-8,10-11H2,(H,19,22)(H,24,25)/t15-/m1/s1. The maximum atomic E-state index is 12.3. The number of hydrogen-bond donors (Lipinski definition) is 2. The van der Waals surface area contributed by atoms with Crippen molar-refractivity contribution < 1.29 is 14.7 Å². The summed E-state index contributed by atoms with van der Waals surface area (Å²) >= 11 is 1.75. The van der Waals surface area contributed by atoms with Gasteiger partial charge in [-0.25, -0.2) is 9.48 Å². The number of rotatable bonds is 6. The molecule has 2 N–H and O–H groups in total. The summed E-state index contributed by atoms with van der Waals surface area (Å²) in [5.41, 5.74) is 2.20. The molecule has 136 valence electrons. The Hall–Kier alpha value is -2.61. The van der Waals surface area contributed by atoms with Gasteiger partial charge < -0.3 is 10.4 Å². The number of nitrogens with one attached hydrogen (secondary N) is 1. The van der Waals surface area contributed by atoms with Crippen LogP contribution >= 0.6 is 11.8 Å². The van der Waals surface area contributed by atoms with Crippen LogP contribution in [0.5, 0.6) is 0 Å². The van der Waals surface area contributed by atoms with Crippen LogP contribution in [0.2, 0.25) is 0 Å². The molecule has 1 aromatic heterocycles. The number of hydrogen-bond acceptors (Lipinski definition) is 5. The largest absolute Gasteiger partial charge is 0.480 e. The Morgan fingerprint density at radius 1 is 1.31 bits per heavy atom. The van der Waals surface area contributed by atoms with E-state index < -0.39 is 17.9 Å². The van der Waals surface area contributed by atoms with Gasteiger partial charge in [0.25, 0.3) is 5.56 Å². The van der Waals surface area contributed by atoms with Crippen LogP contribution in [0.1, 0.15) is 16.8 Å². The summed E-state index contributed by atoms with van der Waals surface area (Å²) < 4.78 is 1.10. The summed E-state index contributed by atoms with van der Waals surface area (Å²) in [4.78, 5) is 35.8. The van der Waals surface area contributed by atoms with Crippen molar-refractivity contribution in [3.8, 4) is 0 Å². The molecule has 0 saturated heterocycles. The van der Waals surface area contributed by atoms with Gasteiger partial charge in [-0.3, -0.25) is 9.59 Å². The van der Waals surface area contributed by atoms with E-state index in [-0.39, 0.29) is 18.5 Å². The highest BCUT2D eigenvalue weighted by atomic mass is 32.2. The number of amides is 1. The van der Waals surface area contributed by atoms with Crippen LogP contribution in [0.3, 0.4) is 0 Å². The number of carboxylic acids is 1. The van der Waals surface area contributed by atoms with Crippen molar-refractivity contribution in [2.45, 2.75) is 31.2 Å². The number of aliphatic carboxylic acids is 1. The van der Waals surface area contributed by atoms with Gasteiger partial charge in [-0.05, 0) is 16.9 Å². The molecular weight excluding hydrogens is 354 g/mol. The minimum atomic E-state index is -1.12. The van der Waals surface area contributed by atoms with Gasteiger partial charge in [-0.1, -0.05) is 30.3 Å². The Labute approximate surface area is 154 Å². The SMILES string of the molecule is O=C(Cn1nc2c(cc1=O)CSCC2)N[C@H](Cc1ccccc1)C(=O)O. The highest BCUT2D eigenvalue weighted by molar-refractivity contribution is 7.98. The van der Waals surface area contributed by atoms with Crippen molar-refractivity contribution in [1.82, 2.24) is 15.1 Å². The first-order valence-electron chi connectivity index (χ1n) is 8.26. The number of benzene rings is 1. The van der Waals surface area contributed by atoms with Gasteiger partial charge in [0.2, 0.25) is 5.91 Å². The fourth-order valence-electron chi connectivity index (χ4n) is 2.79. The number of nitrogens with zero attached hydrogens (tertiary/aromatic N) is 2. The lowest BCUT2D eigenvalue weighted by Gasteiger charge is -2.17. The molecule has 0 spiro atoms. The Morgan fingerprint density at radius 2 is 2.08 bits per heavy atom. The van der Waals surface area contributed by atoms with Gasteiger partial charge in [-0.15, -0.1) is 0 Å². The third kappa shape index (κ3) is 4.51. The van der Waals surface area contributed by atoms with Crippen LogP contribution in [0.15, 0.2) is 41.2 Å². The van der Waals surface area contributed by atoms with E-state index in [1.807, 2.05) is 18.2 Å². The molecule has 0 radical (unpaired) electrons. The molecule has 1 aliphatic heterocycles. The monoisotopic (exact) mass is 373 g/mol. The quantitative estimate of drug-likeness (QED) is 0.778. The maximum Gasteiger partial charge on any atom is 0.326 e. The second-order valence-electron chi connectivity index (χ2n) is 6.06. The van der Waals surface area contributed by atoms with Gasteiger partial charge in [-0.2, -0.15) is 16.9 Å². The fraction of sp³-hybridized carbons (Fsp3) is 0.333. The van der Waals surface area contributed by atoms with Crippen LogP contribution in [0, 0.1) is 0 Å². The first-order valence-corrected chi connectivity index (χ1v) is 9.42. The van der Waals surface area contributed by atoms with Crippen LogP contribution in [0.25, 0.3) is 0 Å². The normalized spacial score (nSPS) is 14.3. The first kappa shape index (κ1) is 18.2. The Balaban J connectivity index is 1.69. The Morgan fingerprint density at radius 3 is 2.81 bits per heavy atom. The summed E-state index contributed by atoms with van der Waals surface area (Å²) in [7, 11) is 0. The van der Waals surface area contributed by atoms with Gasteiger partial charge in [0, 0.05) is 24.7 Å². The van der Waals surface area contributed by atoms with E-state index in [2.05, 4.69) is 10.4 Å². The van der Waals surface area contributed by atoms with Crippen molar-refractivity contribution in [3.05, 3.63) is 63.6 Å². The minimum Gasteiger partial charge on any atom is -0.480 e.